The number of hydrogen-bond acceptors (Lipinski definition) is 2. The monoisotopic (exact) mass is 343 g/mol. The summed E-state index contributed by atoms with van der Waals surface area (Å²) in [6.07, 6.45) is 0.886. The second kappa shape index (κ2) is 7.36. The van der Waals surface area contributed by atoms with Gasteiger partial charge in [-0.3, -0.25) is 0 Å². The van der Waals surface area contributed by atoms with E-state index < -0.39 is 6.10 Å². The van der Waals surface area contributed by atoms with Crippen molar-refractivity contribution in [1.82, 2.24) is 0 Å². The van der Waals surface area contributed by atoms with Gasteiger partial charge in [0.15, 0.2) is 0 Å². The Hall–Kier alpha value is -2.20. The van der Waals surface area contributed by atoms with Crippen LogP contribution in [0.25, 0.3) is 0 Å². The SMILES string of the molecule is C=C(C)C1C(CCC(O)c2ccc(F)cc2)CN1c1ccc(F)cc1. The smallest absolute Gasteiger partial charge is 0.123 e. The van der Waals surface area contributed by atoms with Gasteiger partial charge in [-0.15, -0.1) is 0 Å². The predicted molar refractivity (Wildman–Crippen MR) is 96.4 cm³/mol. The minimum Gasteiger partial charge on any atom is -0.388 e. The van der Waals surface area contributed by atoms with Crippen molar-refractivity contribution in [2.24, 2.45) is 5.92 Å². The van der Waals surface area contributed by atoms with E-state index in [9.17, 15) is 13.9 Å². The maximum Gasteiger partial charge on any atom is 0.123 e. The lowest BCUT2D eigenvalue weighted by Crippen LogP contribution is -2.57. The summed E-state index contributed by atoms with van der Waals surface area (Å²) in [5.41, 5.74) is 2.80. The highest BCUT2D eigenvalue weighted by atomic mass is 19.1. The van der Waals surface area contributed by atoms with Gasteiger partial charge in [-0.1, -0.05) is 24.3 Å². The molecule has 1 fully saturated rings. The van der Waals surface area contributed by atoms with Crippen LogP contribution >= 0.6 is 0 Å². The first-order valence-corrected chi connectivity index (χ1v) is 8.57. The maximum absolute atomic E-state index is 13.1. The molecule has 1 aliphatic heterocycles. The van der Waals surface area contributed by atoms with Crippen LogP contribution in [0.3, 0.4) is 0 Å². The molecular formula is C21H23F2NO. The summed E-state index contributed by atoms with van der Waals surface area (Å²) in [4.78, 5) is 2.22. The van der Waals surface area contributed by atoms with E-state index in [1.807, 2.05) is 6.92 Å². The largest absolute Gasteiger partial charge is 0.388 e. The molecule has 3 unspecified atom stereocenters. The Morgan fingerprint density at radius 3 is 2.24 bits per heavy atom. The predicted octanol–water partition coefficient (Wildman–Crippen LogP) is 4.86. The molecule has 2 aromatic rings. The Labute approximate surface area is 147 Å². The molecule has 3 atom stereocenters. The van der Waals surface area contributed by atoms with Crippen LogP contribution in [0.4, 0.5) is 14.5 Å². The van der Waals surface area contributed by atoms with E-state index in [4.69, 9.17) is 0 Å². The quantitative estimate of drug-likeness (QED) is 0.757. The van der Waals surface area contributed by atoms with Crippen molar-refractivity contribution in [3.8, 4) is 0 Å². The third-order valence-electron chi connectivity index (χ3n) is 4.94. The summed E-state index contributed by atoms with van der Waals surface area (Å²) in [7, 11) is 0. The van der Waals surface area contributed by atoms with Crippen LogP contribution in [0, 0.1) is 17.6 Å². The molecule has 0 amide bonds. The molecule has 1 aliphatic rings. The Morgan fingerprint density at radius 2 is 1.68 bits per heavy atom. The zero-order valence-corrected chi connectivity index (χ0v) is 14.3. The molecule has 0 saturated carbocycles. The number of halogens is 2. The second-order valence-corrected chi connectivity index (χ2v) is 6.82. The minimum absolute atomic E-state index is 0.200. The zero-order chi connectivity index (χ0) is 18.0. The van der Waals surface area contributed by atoms with E-state index in [0.717, 1.165) is 29.8 Å². The van der Waals surface area contributed by atoms with Gasteiger partial charge in [0.2, 0.25) is 0 Å². The fraction of sp³-hybridized carbons (Fsp3) is 0.333. The molecule has 0 radical (unpaired) electrons. The van der Waals surface area contributed by atoms with Gasteiger partial charge in [0.1, 0.15) is 11.6 Å². The van der Waals surface area contributed by atoms with Crippen LogP contribution in [-0.4, -0.2) is 17.7 Å². The van der Waals surface area contributed by atoms with Crippen molar-refractivity contribution in [1.29, 1.82) is 0 Å². The van der Waals surface area contributed by atoms with Gasteiger partial charge < -0.3 is 10.0 Å². The van der Waals surface area contributed by atoms with Crippen LogP contribution in [-0.2, 0) is 0 Å². The van der Waals surface area contributed by atoms with Crippen molar-refractivity contribution < 1.29 is 13.9 Å². The van der Waals surface area contributed by atoms with Gasteiger partial charge in [-0.2, -0.15) is 0 Å². The molecular weight excluding hydrogens is 320 g/mol. The molecule has 0 bridgehead atoms. The molecule has 1 N–H and O–H groups in total. The van der Waals surface area contributed by atoms with Gasteiger partial charge in [0, 0.05) is 18.2 Å². The third-order valence-corrected chi connectivity index (χ3v) is 4.94. The van der Waals surface area contributed by atoms with Gasteiger partial charge in [0.05, 0.1) is 12.1 Å². The molecule has 2 aromatic carbocycles. The van der Waals surface area contributed by atoms with Crippen molar-refractivity contribution in [3.63, 3.8) is 0 Å². The number of hydrogen-bond donors (Lipinski definition) is 1. The van der Waals surface area contributed by atoms with E-state index >= 15 is 0 Å². The summed E-state index contributed by atoms with van der Waals surface area (Å²) in [6, 6.07) is 12.7. The summed E-state index contributed by atoms with van der Waals surface area (Å²) in [5, 5.41) is 10.3. The molecule has 3 rings (SSSR count). The van der Waals surface area contributed by atoms with Crippen LogP contribution < -0.4 is 4.90 Å². The fourth-order valence-electron chi connectivity index (χ4n) is 3.62. The third kappa shape index (κ3) is 3.90. The van der Waals surface area contributed by atoms with Gasteiger partial charge in [-0.25, -0.2) is 8.78 Å². The van der Waals surface area contributed by atoms with Crippen LogP contribution in [0.15, 0.2) is 60.7 Å². The second-order valence-electron chi connectivity index (χ2n) is 6.82. The van der Waals surface area contributed by atoms with Crippen molar-refractivity contribution >= 4 is 5.69 Å². The Bertz CT molecular complexity index is 727. The Morgan fingerprint density at radius 1 is 1.12 bits per heavy atom. The average molecular weight is 343 g/mol. The van der Waals surface area contributed by atoms with E-state index in [2.05, 4.69) is 11.5 Å². The zero-order valence-electron chi connectivity index (χ0n) is 14.3. The molecule has 1 heterocycles. The first-order valence-electron chi connectivity index (χ1n) is 8.57. The molecule has 0 spiro atoms. The number of rotatable bonds is 6. The number of aliphatic hydroxyl groups excluding tert-OH is 1. The molecule has 132 valence electrons. The van der Waals surface area contributed by atoms with Gasteiger partial charge >= 0.3 is 0 Å². The number of aliphatic hydroxyl groups is 1. The highest BCUT2D eigenvalue weighted by Gasteiger charge is 2.39. The highest BCUT2D eigenvalue weighted by Crippen LogP contribution is 2.38. The van der Waals surface area contributed by atoms with Crippen LogP contribution in [0.1, 0.15) is 31.4 Å². The number of nitrogens with zero attached hydrogens (tertiary/aromatic N) is 1. The maximum atomic E-state index is 13.1. The standard InChI is InChI=1S/C21H23F2NO/c1-14(2)21-16(13-24(21)19-10-8-18(23)9-11-19)5-12-20(25)15-3-6-17(22)7-4-15/h3-4,6-11,16,20-21,25H,1,5,12-13H2,2H3. The van der Waals surface area contributed by atoms with Crippen molar-refractivity contribution in [2.75, 3.05) is 11.4 Å². The summed E-state index contributed by atoms with van der Waals surface area (Å²) < 4.78 is 26.1. The van der Waals surface area contributed by atoms with Gasteiger partial charge in [-0.05, 0) is 61.7 Å². The molecule has 1 saturated heterocycles. The normalized spacial score (nSPS) is 20.9. The molecule has 4 heteroatoms. The fourth-order valence-corrected chi connectivity index (χ4v) is 3.62. The molecule has 0 aromatic heterocycles. The lowest BCUT2D eigenvalue weighted by atomic mass is 9.79. The van der Waals surface area contributed by atoms with Crippen LogP contribution in [0.5, 0.6) is 0 Å². The summed E-state index contributed by atoms with van der Waals surface area (Å²) >= 11 is 0. The van der Waals surface area contributed by atoms with E-state index in [-0.39, 0.29) is 17.7 Å². The lowest BCUT2D eigenvalue weighted by Gasteiger charge is -2.50. The van der Waals surface area contributed by atoms with Crippen LogP contribution in [0.2, 0.25) is 0 Å². The number of benzene rings is 2. The summed E-state index contributed by atoms with van der Waals surface area (Å²) in [5.74, 6) is -0.139. The lowest BCUT2D eigenvalue weighted by molar-refractivity contribution is 0.147. The first kappa shape index (κ1) is 17.6. The molecule has 0 aliphatic carbocycles. The van der Waals surface area contributed by atoms with Crippen molar-refractivity contribution in [3.05, 3.63) is 77.9 Å². The summed E-state index contributed by atoms with van der Waals surface area (Å²) in [6.45, 7) is 6.96. The van der Waals surface area contributed by atoms with E-state index in [0.29, 0.717) is 12.3 Å². The number of anilines is 1. The Balaban J connectivity index is 1.60. The van der Waals surface area contributed by atoms with E-state index in [1.165, 1.54) is 24.3 Å². The van der Waals surface area contributed by atoms with Gasteiger partial charge in [0.25, 0.3) is 0 Å². The first-order chi connectivity index (χ1) is 12.0. The Kier molecular flexibility index (Phi) is 5.19. The molecule has 2 nitrogen and oxygen atoms in total. The minimum atomic E-state index is -0.591. The average Bonchev–Trinajstić information content (AvgIpc) is 2.55. The van der Waals surface area contributed by atoms with Crippen molar-refractivity contribution in [2.45, 2.75) is 31.9 Å². The van der Waals surface area contributed by atoms with E-state index in [1.54, 1.807) is 24.3 Å². The molecule has 25 heavy (non-hydrogen) atoms. The highest BCUT2D eigenvalue weighted by molar-refractivity contribution is 5.52. The topological polar surface area (TPSA) is 23.5 Å².